The molecular weight excluding hydrogens is 398 g/mol. The summed E-state index contributed by atoms with van der Waals surface area (Å²) in [6.45, 7) is 0.427. The maximum Gasteiger partial charge on any atom is 0.247 e. The minimum absolute atomic E-state index is 0.0885. The van der Waals surface area contributed by atoms with Crippen molar-refractivity contribution in [3.8, 4) is 11.1 Å². The van der Waals surface area contributed by atoms with E-state index in [1.807, 2.05) is 36.4 Å². The van der Waals surface area contributed by atoms with E-state index >= 15 is 0 Å². The number of carbonyl (C=O) groups is 2. The molecule has 0 aliphatic heterocycles. The number of nitrogens with one attached hydrogen (secondary N) is 2. The number of hydrogen-bond donors (Lipinski definition) is 3. The predicted molar refractivity (Wildman–Crippen MR) is 127 cm³/mol. The number of benzene rings is 3. The Bertz CT molecular complexity index is 1060. The molecule has 0 radical (unpaired) electrons. The van der Waals surface area contributed by atoms with Gasteiger partial charge in [-0.2, -0.15) is 0 Å². The number of fused-ring (bicyclic) bond motifs is 1. The molecule has 164 valence electrons. The lowest BCUT2D eigenvalue weighted by atomic mass is 9.87. The van der Waals surface area contributed by atoms with Crippen molar-refractivity contribution in [2.75, 3.05) is 6.54 Å². The van der Waals surface area contributed by atoms with Crippen LogP contribution in [0.25, 0.3) is 11.1 Å². The lowest BCUT2D eigenvalue weighted by Gasteiger charge is -2.27. The topological polar surface area (TPSA) is 84.2 Å². The van der Waals surface area contributed by atoms with Crippen LogP contribution in [0, 0.1) is 0 Å². The van der Waals surface area contributed by atoms with Gasteiger partial charge in [0.2, 0.25) is 11.8 Å². The van der Waals surface area contributed by atoms with Crippen LogP contribution in [0.1, 0.15) is 35.6 Å². The smallest absolute Gasteiger partial charge is 0.247 e. The fourth-order valence-electron chi connectivity index (χ4n) is 4.22. The summed E-state index contributed by atoms with van der Waals surface area (Å²) >= 11 is 0. The molecule has 2 atom stereocenters. The molecule has 0 spiro atoms. The van der Waals surface area contributed by atoms with Crippen LogP contribution in [0.15, 0.2) is 78.9 Å². The Morgan fingerprint density at radius 3 is 2.34 bits per heavy atom. The third-order valence-corrected chi connectivity index (χ3v) is 6.02. The molecule has 5 heteroatoms. The van der Waals surface area contributed by atoms with Crippen molar-refractivity contribution in [3.63, 3.8) is 0 Å². The number of hydrogen-bond acceptors (Lipinski definition) is 3. The van der Waals surface area contributed by atoms with Gasteiger partial charge in [-0.25, -0.2) is 0 Å². The van der Waals surface area contributed by atoms with Crippen LogP contribution >= 0.6 is 0 Å². The zero-order valence-corrected chi connectivity index (χ0v) is 18.1. The first-order valence-electron chi connectivity index (χ1n) is 11.2. The molecule has 0 saturated heterocycles. The first-order valence-corrected chi connectivity index (χ1v) is 11.2. The van der Waals surface area contributed by atoms with Gasteiger partial charge in [0.25, 0.3) is 0 Å². The first kappa shape index (κ1) is 21.8. The number of carbonyl (C=O) groups excluding carboxylic acids is 2. The average Bonchev–Trinajstić information content (AvgIpc) is 2.84. The van der Waals surface area contributed by atoms with Crippen molar-refractivity contribution in [2.24, 2.45) is 5.73 Å². The molecule has 3 aromatic rings. The summed E-state index contributed by atoms with van der Waals surface area (Å²) in [4.78, 5) is 25.0. The lowest BCUT2D eigenvalue weighted by molar-refractivity contribution is -0.131. The predicted octanol–water partition coefficient (Wildman–Crippen LogP) is 3.53. The molecule has 0 aromatic heterocycles. The SMILES string of the molecule is NC(C(=O)NCCc1ccc(-c2ccccc2)cc1)C(=O)NC1CCCc2ccccc21. The van der Waals surface area contributed by atoms with E-state index in [-0.39, 0.29) is 6.04 Å². The highest BCUT2D eigenvalue weighted by Gasteiger charge is 2.27. The van der Waals surface area contributed by atoms with E-state index < -0.39 is 17.9 Å². The second-order valence-corrected chi connectivity index (χ2v) is 8.23. The van der Waals surface area contributed by atoms with Crippen molar-refractivity contribution in [1.82, 2.24) is 10.6 Å². The van der Waals surface area contributed by atoms with E-state index in [4.69, 9.17) is 5.73 Å². The Kier molecular flexibility index (Phi) is 6.97. The number of amides is 2. The zero-order chi connectivity index (χ0) is 22.3. The molecular formula is C27H29N3O2. The molecule has 0 fully saturated rings. The minimum atomic E-state index is -1.22. The summed E-state index contributed by atoms with van der Waals surface area (Å²) in [5.41, 5.74) is 11.7. The lowest BCUT2D eigenvalue weighted by Crippen LogP contribution is -2.52. The summed E-state index contributed by atoms with van der Waals surface area (Å²) in [6, 6.07) is 25.3. The highest BCUT2D eigenvalue weighted by atomic mass is 16.2. The molecule has 0 bridgehead atoms. The van der Waals surface area contributed by atoms with E-state index in [1.54, 1.807) is 0 Å². The number of rotatable bonds is 7. The second kappa shape index (κ2) is 10.2. The van der Waals surface area contributed by atoms with Crippen LogP contribution in [0.3, 0.4) is 0 Å². The Morgan fingerprint density at radius 2 is 1.56 bits per heavy atom. The third kappa shape index (κ3) is 5.24. The van der Waals surface area contributed by atoms with Gasteiger partial charge in [-0.15, -0.1) is 0 Å². The minimum Gasteiger partial charge on any atom is -0.354 e. The van der Waals surface area contributed by atoms with Gasteiger partial charge in [0.05, 0.1) is 6.04 Å². The van der Waals surface area contributed by atoms with Gasteiger partial charge >= 0.3 is 0 Å². The molecule has 4 N–H and O–H groups in total. The highest BCUT2D eigenvalue weighted by Crippen LogP contribution is 2.29. The zero-order valence-electron chi connectivity index (χ0n) is 18.1. The van der Waals surface area contributed by atoms with Crippen LogP contribution < -0.4 is 16.4 Å². The standard InChI is InChI=1S/C27H29N3O2/c28-25(27(32)30-24-12-6-10-22-9-4-5-11-23(22)24)26(31)29-18-17-19-13-15-21(16-14-19)20-7-2-1-3-8-20/h1-5,7-9,11,13-16,24-25H,6,10,12,17-18,28H2,(H,29,31)(H,30,32). The number of nitrogens with two attached hydrogens (primary N) is 1. The van der Waals surface area contributed by atoms with Gasteiger partial charge in [-0.1, -0.05) is 78.9 Å². The van der Waals surface area contributed by atoms with E-state index in [0.29, 0.717) is 13.0 Å². The van der Waals surface area contributed by atoms with Crippen molar-refractivity contribution in [3.05, 3.63) is 95.6 Å². The van der Waals surface area contributed by atoms with Crippen LogP contribution in [-0.2, 0) is 22.4 Å². The van der Waals surface area contributed by atoms with Crippen LogP contribution in [0.5, 0.6) is 0 Å². The van der Waals surface area contributed by atoms with Crippen molar-refractivity contribution in [1.29, 1.82) is 0 Å². The van der Waals surface area contributed by atoms with Gasteiger partial charge < -0.3 is 16.4 Å². The fourth-order valence-corrected chi connectivity index (χ4v) is 4.22. The van der Waals surface area contributed by atoms with Crippen LogP contribution in [0.4, 0.5) is 0 Å². The summed E-state index contributed by atoms with van der Waals surface area (Å²) in [5.74, 6) is -0.885. The quantitative estimate of drug-likeness (QED) is 0.504. The molecule has 1 aliphatic carbocycles. The first-order chi connectivity index (χ1) is 15.6. The van der Waals surface area contributed by atoms with Gasteiger partial charge in [-0.3, -0.25) is 9.59 Å². The molecule has 4 rings (SSSR count). The molecule has 2 amide bonds. The van der Waals surface area contributed by atoms with E-state index in [1.165, 1.54) is 11.1 Å². The molecule has 0 heterocycles. The maximum absolute atomic E-state index is 12.6. The molecule has 1 aliphatic rings. The van der Waals surface area contributed by atoms with Crippen molar-refractivity contribution in [2.45, 2.75) is 37.8 Å². The van der Waals surface area contributed by atoms with E-state index in [2.05, 4.69) is 53.1 Å². The Hall–Kier alpha value is -3.44. The van der Waals surface area contributed by atoms with Gasteiger partial charge in [0, 0.05) is 6.54 Å². The third-order valence-electron chi connectivity index (χ3n) is 6.02. The Labute approximate surface area is 189 Å². The van der Waals surface area contributed by atoms with Gasteiger partial charge in [0.1, 0.15) is 0 Å². The Morgan fingerprint density at radius 1 is 0.875 bits per heavy atom. The van der Waals surface area contributed by atoms with Gasteiger partial charge in [0.15, 0.2) is 6.04 Å². The van der Waals surface area contributed by atoms with Crippen LogP contribution in [0.2, 0.25) is 0 Å². The average molecular weight is 428 g/mol. The van der Waals surface area contributed by atoms with Gasteiger partial charge in [-0.05, 0) is 53.5 Å². The largest absolute Gasteiger partial charge is 0.354 e. The van der Waals surface area contributed by atoms with E-state index in [0.717, 1.165) is 36.0 Å². The van der Waals surface area contributed by atoms with Crippen molar-refractivity contribution >= 4 is 11.8 Å². The molecule has 0 saturated carbocycles. The summed E-state index contributed by atoms with van der Waals surface area (Å²) in [7, 11) is 0. The van der Waals surface area contributed by atoms with Crippen molar-refractivity contribution < 1.29 is 9.59 Å². The number of aryl methyl sites for hydroxylation is 1. The van der Waals surface area contributed by atoms with Crippen LogP contribution in [-0.4, -0.2) is 24.4 Å². The fraction of sp³-hybridized carbons (Fsp3) is 0.259. The molecule has 3 aromatic carbocycles. The molecule has 2 unspecified atom stereocenters. The normalized spacial score (nSPS) is 16.0. The second-order valence-electron chi connectivity index (χ2n) is 8.23. The highest BCUT2D eigenvalue weighted by molar-refractivity contribution is 6.04. The van der Waals surface area contributed by atoms with E-state index in [9.17, 15) is 9.59 Å². The molecule has 5 nitrogen and oxygen atoms in total. The summed E-state index contributed by atoms with van der Waals surface area (Å²) in [6.07, 6.45) is 3.55. The molecule has 32 heavy (non-hydrogen) atoms. The summed E-state index contributed by atoms with van der Waals surface area (Å²) in [5, 5.41) is 5.75. The summed E-state index contributed by atoms with van der Waals surface area (Å²) < 4.78 is 0. The maximum atomic E-state index is 12.6. The monoisotopic (exact) mass is 427 g/mol. The Balaban J connectivity index is 1.26.